The van der Waals surface area contributed by atoms with Gasteiger partial charge in [0.2, 0.25) is 0 Å². The zero-order valence-corrected chi connectivity index (χ0v) is 8.87. The van der Waals surface area contributed by atoms with Crippen LogP contribution in [0, 0.1) is 6.92 Å². The van der Waals surface area contributed by atoms with Gasteiger partial charge in [0.1, 0.15) is 5.75 Å². The molecule has 0 atom stereocenters. The molecule has 0 aliphatic carbocycles. The van der Waals surface area contributed by atoms with E-state index >= 15 is 0 Å². The zero-order chi connectivity index (χ0) is 11.4. The third-order valence-electron chi connectivity index (χ3n) is 2.10. The van der Waals surface area contributed by atoms with Gasteiger partial charge in [-0.3, -0.25) is 4.79 Å². The third-order valence-corrected chi connectivity index (χ3v) is 2.10. The Morgan fingerprint density at radius 3 is 2.47 bits per heavy atom. The van der Waals surface area contributed by atoms with Crippen LogP contribution >= 0.6 is 0 Å². The predicted molar refractivity (Wildman–Crippen MR) is 54.5 cm³/mol. The molecule has 15 heavy (non-hydrogen) atoms. The average Bonchev–Trinajstić information content (AvgIpc) is 2.27. The average molecular weight is 208 g/mol. The Hall–Kier alpha value is -1.84. The van der Waals surface area contributed by atoms with E-state index in [9.17, 15) is 9.59 Å². The van der Waals surface area contributed by atoms with E-state index < -0.39 is 5.97 Å². The van der Waals surface area contributed by atoms with Gasteiger partial charge in [-0.05, 0) is 24.6 Å². The normalized spacial score (nSPS) is 9.53. The predicted octanol–water partition coefficient (Wildman–Crippen LogP) is 1.60. The number of methoxy groups -OCH3 is 2. The maximum atomic E-state index is 11.3. The second-order valence-corrected chi connectivity index (χ2v) is 3.02. The van der Waals surface area contributed by atoms with Gasteiger partial charge in [-0.25, -0.2) is 4.79 Å². The smallest absolute Gasteiger partial charge is 0.338 e. The Bertz CT molecular complexity index is 396. The van der Waals surface area contributed by atoms with Crippen molar-refractivity contribution in [2.75, 3.05) is 14.2 Å². The molecular formula is C11H12O4. The van der Waals surface area contributed by atoms with Gasteiger partial charge in [-0.2, -0.15) is 0 Å². The molecule has 0 amide bonds. The van der Waals surface area contributed by atoms with Crippen LogP contribution in [0.15, 0.2) is 12.1 Å². The number of rotatable bonds is 3. The number of carbonyl (C=O) groups is 2. The lowest BCUT2D eigenvalue weighted by Gasteiger charge is -2.08. The summed E-state index contributed by atoms with van der Waals surface area (Å²) >= 11 is 0. The number of ether oxygens (including phenoxy) is 2. The maximum absolute atomic E-state index is 11.3. The van der Waals surface area contributed by atoms with Crippen LogP contribution in [0.2, 0.25) is 0 Å². The quantitative estimate of drug-likeness (QED) is 0.559. The van der Waals surface area contributed by atoms with Gasteiger partial charge in [-0.1, -0.05) is 0 Å². The van der Waals surface area contributed by atoms with Crippen molar-refractivity contribution in [3.63, 3.8) is 0 Å². The van der Waals surface area contributed by atoms with Crippen LogP contribution in [0.3, 0.4) is 0 Å². The van der Waals surface area contributed by atoms with Gasteiger partial charge in [0.05, 0.1) is 19.8 Å². The number of carbonyl (C=O) groups excluding carboxylic acids is 2. The minimum Gasteiger partial charge on any atom is -0.496 e. The van der Waals surface area contributed by atoms with Crippen molar-refractivity contribution in [1.82, 2.24) is 0 Å². The van der Waals surface area contributed by atoms with Crippen LogP contribution in [-0.2, 0) is 4.74 Å². The first kappa shape index (κ1) is 11.2. The molecule has 0 saturated heterocycles. The number of hydrogen-bond acceptors (Lipinski definition) is 4. The molecule has 0 radical (unpaired) electrons. The molecule has 0 saturated carbocycles. The Kier molecular flexibility index (Phi) is 3.44. The first-order valence-electron chi connectivity index (χ1n) is 4.36. The summed E-state index contributed by atoms with van der Waals surface area (Å²) in [5, 5.41) is 0. The van der Waals surface area contributed by atoms with Gasteiger partial charge < -0.3 is 9.47 Å². The minimum absolute atomic E-state index is 0.255. The van der Waals surface area contributed by atoms with E-state index in [1.54, 1.807) is 13.0 Å². The number of benzene rings is 1. The lowest BCUT2D eigenvalue weighted by Crippen LogP contribution is -2.06. The summed E-state index contributed by atoms with van der Waals surface area (Å²) in [6.45, 7) is 1.79. The summed E-state index contributed by atoms with van der Waals surface area (Å²) < 4.78 is 9.61. The molecule has 1 rings (SSSR count). The second-order valence-electron chi connectivity index (χ2n) is 3.02. The van der Waals surface area contributed by atoms with Crippen molar-refractivity contribution < 1.29 is 19.1 Å². The molecule has 0 aliphatic rings. The molecule has 0 unspecified atom stereocenters. The van der Waals surface area contributed by atoms with E-state index in [0.29, 0.717) is 12.0 Å². The third kappa shape index (κ3) is 2.15. The number of aryl methyl sites for hydroxylation is 1. The van der Waals surface area contributed by atoms with Crippen molar-refractivity contribution in [3.05, 3.63) is 28.8 Å². The summed E-state index contributed by atoms with van der Waals surface area (Å²) in [4.78, 5) is 22.1. The molecule has 0 N–H and O–H groups in total. The van der Waals surface area contributed by atoms with E-state index in [1.165, 1.54) is 20.3 Å². The highest BCUT2D eigenvalue weighted by molar-refractivity contribution is 5.98. The van der Waals surface area contributed by atoms with E-state index in [2.05, 4.69) is 4.74 Å². The minimum atomic E-state index is -0.525. The highest BCUT2D eigenvalue weighted by Gasteiger charge is 2.14. The maximum Gasteiger partial charge on any atom is 0.338 e. The monoisotopic (exact) mass is 208 g/mol. The van der Waals surface area contributed by atoms with Crippen LogP contribution in [0.4, 0.5) is 0 Å². The van der Waals surface area contributed by atoms with Crippen LogP contribution < -0.4 is 4.74 Å². The summed E-state index contributed by atoms with van der Waals surface area (Å²) in [6.07, 6.45) is 0.605. The lowest BCUT2D eigenvalue weighted by atomic mass is 10.0. The summed E-state index contributed by atoms with van der Waals surface area (Å²) in [6, 6.07) is 3.10. The van der Waals surface area contributed by atoms with Crippen LogP contribution in [-0.4, -0.2) is 26.5 Å². The van der Waals surface area contributed by atoms with Gasteiger partial charge >= 0.3 is 5.97 Å². The molecule has 0 bridgehead atoms. The fraction of sp³-hybridized carbons (Fsp3) is 0.273. The largest absolute Gasteiger partial charge is 0.496 e. The van der Waals surface area contributed by atoms with Crippen molar-refractivity contribution in [2.45, 2.75) is 6.92 Å². The molecule has 0 aliphatic heterocycles. The standard InChI is InChI=1S/C11H12O4/c1-7-4-9(11(13)15-3)8(6-12)5-10(7)14-2/h4-6H,1-3H3. The Morgan fingerprint density at radius 1 is 1.33 bits per heavy atom. The molecule has 1 aromatic carbocycles. The first-order chi connectivity index (χ1) is 7.13. The molecule has 0 spiro atoms. The molecule has 0 fully saturated rings. The molecule has 4 nitrogen and oxygen atoms in total. The molecule has 80 valence electrons. The summed E-state index contributed by atoms with van der Waals surface area (Å²) in [5.41, 5.74) is 1.30. The van der Waals surface area contributed by atoms with Crippen molar-refractivity contribution >= 4 is 12.3 Å². The van der Waals surface area contributed by atoms with Crippen molar-refractivity contribution in [1.29, 1.82) is 0 Å². The fourth-order valence-electron chi connectivity index (χ4n) is 1.31. The van der Waals surface area contributed by atoms with Gasteiger partial charge in [-0.15, -0.1) is 0 Å². The van der Waals surface area contributed by atoms with E-state index in [1.807, 2.05) is 0 Å². The highest BCUT2D eigenvalue weighted by Crippen LogP contribution is 2.22. The number of aldehydes is 1. The van der Waals surface area contributed by atoms with E-state index in [0.717, 1.165) is 5.56 Å². The first-order valence-corrected chi connectivity index (χ1v) is 4.36. The van der Waals surface area contributed by atoms with Gasteiger partial charge in [0.15, 0.2) is 6.29 Å². The second kappa shape index (κ2) is 4.59. The van der Waals surface area contributed by atoms with E-state index in [4.69, 9.17) is 4.74 Å². The Balaban J connectivity index is 3.33. The van der Waals surface area contributed by atoms with Crippen LogP contribution in [0.25, 0.3) is 0 Å². The van der Waals surface area contributed by atoms with Crippen LogP contribution in [0.5, 0.6) is 5.75 Å². The number of esters is 1. The molecule has 0 heterocycles. The SMILES string of the molecule is COC(=O)c1cc(C)c(OC)cc1C=O. The number of hydrogen-bond donors (Lipinski definition) is 0. The Labute approximate surface area is 87.8 Å². The van der Waals surface area contributed by atoms with E-state index in [-0.39, 0.29) is 11.1 Å². The molecule has 4 heteroatoms. The zero-order valence-electron chi connectivity index (χ0n) is 8.87. The lowest BCUT2D eigenvalue weighted by molar-refractivity contribution is 0.0598. The van der Waals surface area contributed by atoms with Crippen LogP contribution in [0.1, 0.15) is 26.3 Å². The topological polar surface area (TPSA) is 52.6 Å². The van der Waals surface area contributed by atoms with Crippen molar-refractivity contribution in [2.24, 2.45) is 0 Å². The van der Waals surface area contributed by atoms with Gasteiger partial charge in [0.25, 0.3) is 0 Å². The Morgan fingerprint density at radius 2 is 2.00 bits per heavy atom. The van der Waals surface area contributed by atoms with Gasteiger partial charge in [0, 0.05) is 5.56 Å². The van der Waals surface area contributed by atoms with Crippen molar-refractivity contribution in [3.8, 4) is 5.75 Å². The molecule has 1 aromatic rings. The summed E-state index contributed by atoms with van der Waals surface area (Å²) in [7, 11) is 2.78. The fourth-order valence-corrected chi connectivity index (χ4v) is 1.31. The highest BCUT2D eigenvalue weighted by atomic mass is 16.5. The summed E-state index contributed by atoms with van der Waals surface area (Å²) in [5.74, 6) is 0.0487. The molecular weight excluding hydrogens is 196 g/mol. The molecule has 0 aromatic heterocycles.